The van der Waals surface area contributed by atoms with Gasteiger partial charge in [-0.2, -0.15) is 5.10 Å². The SMILES string of the molecule is Cc1cccc(C(=O)NNc2ncnc3c2cnn3-c2cccc(C)c2)c1. The molecule has 0 saturated heterocycles. The zero-order valence-corrected chi connectivity index (χ0v) is 15.0. The number of hydrogen-bond donors (Lipinski definition) is 2. The molecule has 0 aliphatic carbocycles. The van der Waals surface area contributed by atoms with Crippen LogP contribution in [-0.4, -0.2) is 25.7 Å². The smallest absolute Gasteiger partial charge is 0.269 e. The molecule has 4 rings (SSSR count). The van der Waals surface area contributed by atoms with Gasteiger partial charge in [0.25, 0.3) is 5.91 Å². The van der Waals surface area contributed by atoms with Gasteiger partial charge in [0.15, 0.2) is 11.5 Å². The van der Waals surface area contributed by atoms with Crippen molar-refractivity contribution in [1.82, 2.24) is 25.2 Å². The van der Waals surface area contributed by atoms with Gasteiger partial charge in [0.05, 0.1) is 17.3 Å². The molecule has 0 radical (unpaired) electrons. The Kier molecular flexibility index (Phi) is 4.25. The number of aromatic nitrogens is 4. The molecule has 0 aliphatic heterocycles. The lowest BCUT2D eigenvalue weighted by Crippen LogP contribution is -2.29. The van der Waals surface area contributed by atoms with Crippen LogP contribution < -0.4 is 10.9 Å². The molecule has 7 nitrogen and oxygen atoms in total. The van der Waals surface area contributed by atoms with Gasteiger partial charge in [-0.3, -0.25) is 15.6 Å². The predicted molar refractivity (Wildman–Crippen MR) is 104 cm³/mol. The number of amides is 1. The third-order valence-corrected chi connectivity index (χ3v) is 4.19. The van der Waals surface area contributed by atoms with E-state index in [1.165, 1.54) is 6.33 Å². The van der Waals surface area contributed by atoms with Crippen molar-refractivity contribution < 1.29 is 4.79 Å². The van der Waals surface area contributed by atoms with Crippen molar-refractivity contribution in [3.05, 3.63) is 77.7 Å². The monoisotopic (exact) mass is 358 g/mol. The fraction of sp³-hybridized carbons (Fsp3) is 0.100. The first kappa shape index (κ1) is 16.7. The van der Waals surface area contributed by atoms with Gasteiger partial charge in [0, 0.05) is 5.56 Å². The number of aryl methyl sites for hydroxylation is 2. The molecular weight excluding hydrogens is 340 g/mol. The molecule has 0 atom stereocenters. The van der Waals surface area contributed by atoms with E-state index in [9.17, 15) is 4.79 Å². The van der Waals surface area contributed by atoms with Crippen molar-refractivity contribution >= 4 is 22.8 Å². The second-order valence-corrected chi connectivity index (χ2v) is 6.30. The number of anilines is 1. The number of hydrazine groups is 1. The number of nitrogens with one attached hydrogen (secondary N) is 2. The Hall–Kier alpha value is -3.74. The van der Waals surface area contributed by atoms with Crippen LogP contribution >= 0.6 is 0 Å². The van der Waals surface area contributed by atoms with Gasteiger partial charge in [-0.1, -0.05) is 29.8 Å². The quantitative estimate of drug-likeness (QED) is 0.547. The summed E-state index contributed by atoms with van der Waals surface area (Å²) in [5, 5.41) is 5.14. The minimum atomic E-state index is -0.239. The Balaban J connectivity index is 1.61. The van der Waals surface area contributed by atoms with Gasteiger partial charge in [-0.05, 0) is 43.7 Å². The molecule has 4 aromatic rings. The van der Waals surface area contributed by atoms with Crippen molar-refractivity contribution in [3.8, 4) is 5.69 Å². The summed E-state index contributed by atoms with van der Waals surface area (Å²) in [7, 11) is 0. The first-order chi connectivity index (χ1) is 13.1. The van der Waals surface area contributed by atoms with E-state index in [1.807, 2.05) is 56.3 Å². The number of benzene rings is 2. The second-order valence-electron chi connectivity index (χ2n) is 6.30. The molecule has 0 bridgehead atoms. The number of rotatable bonds is 4. The number of carbonyl (C=O) groups excluding carboxylic acids is 1. The zero-order valence-electron chi connectivity index (χ0n) is 15.0. The first-order valence-corrected chi connectivity index (χ1v) is 8.50. The molecule has 0 aliphatic rings. The highest BCUT2D eigenvalue weighted by atomic mass is 16.2. The van der Waals surface area contributed by atoms with Crippen LogP contribution in [0.5, 0.6) is 0 Å². The molecule has 0 spiro atoms. The normalized spacial score (nSPS) is 10.7. The van der Waals surface area contributed by atoms with Crippen molar-refractivity contribution in [2.75, 3.05) is 5.43 Å². The maximum Gasteiger partial charge on any atom is 0.269 e. The van der Waals surface area contributed by atoms with E-state index in [-0.39, 0.29) is 5.91 Å². The summed E-state index contributed by atoms with van der Waals surface area (Å²) < 4.78 is 1.75. The molecule has 1 amide bonds. The Labute approximate surface area is 156 Å². The van der Waals surface area contributed by atoms with Crippen LogP contribution in [0.15, 0.2) is 61.1 Å². The Morgan fingerprint density at radius 1 is 1.00 bits per heavy atom. The van der Waals surface area contributed by atoms with Gasteiger partial charge >= 0.3 is 0 Å². The van der Waals surface area contributed by atoms with E-state index in [1.54, 1.807) is 16.9 Å². The lowest BCUT2D eigenvalue weighted by Gasteiger charge is -2.09. The van der Waals surface area contributed by atoms with Crippen LogP contribution in [-0.2, 0) is 0 Å². The van der Waals surface area contributed by atoms with Crippen LogP contribution in [0.1, 0.15) is 21.5 Å². The summed E-state index contributed by atoms with van der Waals surface area (Å²) in [4.78, 5) is 20.9. The third-order valence-electron chi connectivity index (χ3n) is 4.19. The lowest BCUT2D eigenvalue weighted by atomic mass is 10.1. The van der Waals surface area contributed by atoms with E-state index in [2.05, 4.69) is 25.9 Å². The molecule has 2 N–H and O–H groups in total. The zero-order chi connectivity index (χ0) is 18.8. The van der Waals surface area contributed by atoms with E-state index in [0.29, 0.717) is 22.4 Å². The van der Waals surface area contributed by atoms with Crippen LogP contribution in [0.4, 0.5) is 5.82 Å². The Morgan fingerprint density at radius 2 is 1.78 bits per heavy atom. The van der Waals surface area contributed by atoms with Crippen LogP contribution in [0.25, 0.3) is 16.7 Å². The predicted octanol–water partition coefficient (Wildman–Crippen LogP) is 3.19. The highest BCUT2D eigenvalue weighted by Gasteiger charge is 2.12. The van der Waals surface area contributed by atoms with Gasteiger partial charge in [-0.25, -0.2) is 14.6 Å². The van der Waals surface area contributed by atoms with Gasteiger partial charge in [0.1, 0.15) is 6.33 Å². The van der Waals surface area contributed by atoms with E-state index < -0.39 is 0 Å². The fourth-order valence-corrected chi connectivity index (χ4v) is 2.87. The summed E-state index contributed by atoms with van der Waals surface area (Å²) in [6, 6.07) is 15.4. The molecule has 0 saturated carbocycles. The Morgan fingerprint density at radius 3 is 2.56 bits per heavy atom. The van der Waals surface area contributed by atoms with Gasteiger partial charge < -0.3 is 0 Å². The molecule has 2 aromatic carbocycles. The van der Waals surface area contributed by atoms with E-state index in [0.717, 1.165) is 16.8 Å². The molecule has 0 fully saturated rings. The molecule has 134 valence electrons. The molecular formula is C20H18N6O. The van der Waals surface area contributed by atoms with E-state index in [4.69, 9.17) is 0 Å². The average Bonchev–Trinajstić information content (AvgIpc) is 3.11. The fourth-order valence-electron chi connectivity index (χ4n) is 2.87. The van der Waals surface area contributed by atoms with Crippen LogP contribution in [0.2, 0.25) is 0 Å². The van der Waals surface area contributed by atoms with Crippen molar-refractivity contribution in [2.24, 2.45) is 0 Å². The number of fused-ring (bicyclic) bond motifs is 1. The number of hydrogen-bond acceptors (Lipinski definition) is 5. The summed E-state index contributed by atoms with van der Waals surface area (Å²) in [6.07, 6.45) is 3.12. The highest BCUT2D eigenvalue weighted by molar-refractivity contribution is 5.96. The lowest BCUT2D eigenvalue weighted by molar-refractivity contribution is 0.0962. The van der Waals surface area contributed by atoms with Crippen molar-refractivity contribution in [3.63, 3.8) is 0 Å². The van der Waals surface area contributed by atoms with Crippen molar-refractivity contribution in [2.45, 2.75) is 13.8 Å². The molecule has 27 heavy (non-hydrogen) atoms. The maximum absolute atomic E-state index is 12.3. The minimum Gasteiger partial charge on any atom is -0.281 e. The topological polar surface area (TPSA) is 84.7 Å². The Bertz CT molecular complexity index is 1130. The van der Waals surface area contributed by atoms with Gasteiger partial charge in [0.2, 0.25) is 0 Å². The largest absolute Gasteiger partial charge is 0.281 e. The van der Waals surface area contributed by atoms with Crippen LogP contribution in [0.3, 0.4) is 0 Å². The molecule has 0 unspecified atom stereocenters. The second kappa shape index (κ2) is 6.87. The summed E-state index contributed by atoms with van der Waals surface area (Å²) in [5.74, 6) is 0.247. The summed E-state index contributed by atoms with van der Waals surface area (Å²) in [6.45, 7) is 3.97. The average molecular weight is 358 g/mol. The van der Waals surface area contributed by atoms with Crippen molar-refractivity contribution in [1.29, 1.82) is 0 Å². The highest BCUT2D eigenvalue weighted by Crippen LogP contribution is 2.21. The number of nitrogens with zero attached hydrogens (tertiary/aromatic N) is 4. The minimum absolute atomic E-state index is 0.239. The number of carbonyl (C=O) groups is 1. The van der Waals surface area contributed by atoms with E-state index >= 15 is 0 Å². The van der Waals surface area contributed by atoms with Crippen LogP contribution in [0, 0.1) is 13.8 Å². The summed E-state index contributed by atoms with van der Waals surface area (Å²) >= 11 is 0. The molecule has 7 heteroatoms. The first-order valence-electron chi connectivity index (χ1n) is 8.50. The maximum atomic E-state index is 12.3. The summed E-state index contributed by atoms with van der Waals surface area (Å²) in [5.41, 5.74) is 9.85. The standard InChI is InChI=1S/C20H18N6O/c1-13-5-3-7-15(9-13)20(27)25-24-18-17-11-23-26(19(17)22-12-21-18)16-8-4-6-14(2)10-16/h3-12H,1-2H3,(H,25,27)(H,21,22,24). The van der Waals surface area contributed by atoms with Gasteiger partial charge in [-0.15, -0.1) is 0 Å². The third kappa shape index (κ3) is 3.35. The molecule has 2 heterocycles. The molecule has 2 aromatic heterocycles.